The molecular weight excluding hydrogens is 426 g/mol. The molecule has 1 aliphatic heterocycles. The van der Waals surface area contributed by atoms with Crippen LogP contribution in [0.25, 0.3) is 10.2 Å². The number of carbonyl (C=O) groups is 2. The number of aryl methyl sites for hydroxylation is 3. The Kier molecular flexibility index (Phi) is 6.07. The lowest BCUT2D eigenvalue weighted by molar-refractivity contribution is 0.0479. The largest absolute Gasteiger partial charge is 0.453 e. The molecule has 0 radical (unpaired) electrons. The zero-order valence-corrected chi connectivity index (χ0v) is 20.1. The van der Waals surface area contributed by atoms with Gasteiger partial charge in [-0.25, -0.2) is 9.78 Å². The van der Waals surface area contributed by atoms with E-state index < -0.39 is 5.97 Å². The van der Waals surface area contributed by atoms with Crippen molar-refractivity contribution in [2.75, 3.05) is 6.61 Å². The van der Waals surface area contributed by atoms with E-state index in [4.69, 9.17) is 4.74 Å². The molecule has 3 aromatic rings. The predicted molar refractivity (Wildman–Crippen MR) is 125 cm³/mol. The summed E-state index contributed by atoms with van der Waals surface area (Å²) >= 11 is 1.16. The summed E-state index contributed by atoms with van der Waals surface area (Å²) < 4.78 is 9.21. The standard InChI is InChI=1S/C24H29N3O4S/c1-13(2)8-10-26-14(3)11-17(16(26)5)18(28)12-31-24(30)21-15(4)20-22(32-21)25-19-7-6-9-27(19)23(20)29/h11,13H,6-10,12H2,1-5H3. The summed E-state index contributed by atoms with van der Waals surface area (Å²) in [7, 11) is 0. The lowest BCUT2D eigenvalue weighted by atomic mass is 10.1. The molecule has 170 valence electrons. The van der Waals surface area contributed by atoms with Crippen LogP contribution in [-0.2, 0) is 24.2 Å². The quantitative estimate of drug-likeness (QED) is 0.394. The molecule has 4 heterocycles. The van der Waals surface area contributed by atoms with Gasteiger partial charge in [0.15, 0.2) is 6.61 Å². The van der Waals surface area contributed by atoms with E-state index in [2.05, 4.69) is 23.4 Å². The summed E-state index contributed by atoms with van der Waals surface area (Å²) in [5.74, 6) is 0.534. The van der Waals surface area contributed by atoms with Crippen LogP contribution < -0.4 is 5.56 Å². The predicted octanol–water partition coefficient (Wildman–Crippen LogP) is 4.22. The second kappa shape index (κ2) is 8.65. The van der Waals surface area contributed by atoms with Crippen LogP contribution in [0, 0.1) is 26.7 Å². The number of rotatable bonds is 7. The molecule has 0 saturated carbocycles. The molecule has 0 N–H and O–H groups in total. The van der Waals surface area contributed by atoms with Crippen LogP contribution in [-0.4, -0.2) is 32.5 Å². The minimum Gasteiger partial charge on any atom is -0.453 e. The van der Waals surface area contributed by atoms with E-state index in [1.54, 1.807) is 11.5 Å². The Bertz CT molecular complexity index is 1280. The highest BCUT2D eigenvalue weighted by molar-refractivity contribution is 7.20. The average molecular weight is 456 g/mol. The van der Waals surface area contributed by atoms with Gasteiger partial charge in [-0.2, -0.15) is 0 Å². The molecule has 0 fully saturated rings. The number of thiophene rings is 1. The summed E-state index contributed by atoms with van der Waals surface area (Å²) in [6.07, 6.45) is 2.71. The topological polar surface area (TPSA) is 83.2 Å². The van der Waals surface area contributed by atoms with Crippen molar-refractivity contribution in [1.29, 1.82) is 0 Å². The Labute approximate surface area is 191 Å². The monoisotopic (exact) mass is 455 g/mol. The van der Waals surface area contributed by atoms with Crippen LogP contribution in [0.15, 0.2) is 10.9 Å². The lowest BCUT2D eigenvalue weighted by Crippen LogP contribution is -2.20. The summed E-state index contributed by atoms with van der Waals surface area (Å²) in [4.78, 5) is 43.9. The van der Waals surface area contributed by atoms with Gasteiger partial charge in [-0.1, -0.05) is 13.8 Å². The van der Waals surface area contributed by atoms with Crippen molar-refractivity contribution >= 4 is 33.3 Å². The summed E-state index contributed by atoms with van der Waals surface area (Å²) in [6.45, 7) is 11.2. The number of nitrogens with zero attached hydrogens (tertiary/aromatic N) is 3. The molecule has 1 aliphatic rings. The second-order valence-corrected chi connectivity index (χ2v) is 9.94. The first-order valence-electron chi connectivity index (χ1n) is 11.1. The van der Waals surface area contributed by atoms with Crippen LogP contribution in [0.2, 0.25) is 0 Å². The Morgan fingerprint density at radius 2 is 2.00 bits per heavy atom. The molecule has 0 atom stereocenters. The van der Waals surface area contributed by atoms with E-state index in [0.717, 1.165) is 54.4 Å². The number of hydrogen-bond acceptors (Lipinski definition) is 6. The highest BCUT2D eigenvalue weighted by Gasteiger charge is 2.25. The fourth-order valence-corrected chi connectivity index (χ4v) is 5.44. The Hall–Kier alpha value is -2.74. The van der Waals surface area contributed by atoms with Crippen LogP contribution in [0.5, 0.6) is 0 Å². The first-order chi connectivity index (χ1) is 15.2. The van der Waals surface area contributed by atoms with Crippen molar-refractivity contribution in [3.05, 3.63) is 49.6 Å². The first kappa shape index (κ1) is 22.5. The minimum atomic E-state index is -0.586. The number of ether oxygens (including phenoxy) is 1. The van der Waals surface area contributed by atoms with Gasteiger partial charge in [0.2, 0.25) is 5.78 Å². The van der Waals surface area contributed by atoms with Gasteiger partial charge in [-0.15, -0.1) is 11.3 Å². The molecule has 4 rings (SSSR count). The maximum Gasteiger partial charge on any atom is 0.349 e. The smallest absolute Gasteiger partial charge is 0.349 e. The van der Waals surface area contributed by atoms with Gasteiger partial charge in [-0.05, 0) is 51.2 Å². The molecule has 0 bridgehead atoms. The van der Waals surface area contributed by atoms with Gasteiger partial charge >= 0.3 is 5.97 Å². The highest BCUT2D eigenvalue weighted by Crippen LogP contribution is 2.29. The van der Waals surface area contributed by atoms with Crippen molar-refractivity contribution in [2.24, 2.45) is 5.92 Å². The van der Waals surface area contributed by atoms with Crippen molar-refractivity contribution in [3.8, 4) is 0 Å². The third kappa shape index (κ3) is 3.92. The molecule has 0 saturated heterocycles. The molecule has 0 spiro atoms. The van der Waals surface area contributed by atoms with Gasteiger partial charge in [0.1, 0.15) is 15.5 Å². The molecule has 0 aliphatic carbocycles. The Morgan fingerprint density at radius 3 is 2.72 bits per heavy atom. The molecule has 8 heteroatoms. The number of aromatic nitrogens is 3. The minimum absolute atomic E-state index is 0.0970. The van der Waals surface area contributed by atoms with E-state index in [9.17, 15) is 14.4 Å². The van der Waals surface area contributed by atoms with E-state index >= 15 is 0 Å². The molecule has 3 aromatic heterocycles. The van der Waals surface area contributed by atoms with E-state index in [1.807, 2.05) is 19.9 Å². The molecule has 0 unspecified atom stereocenters. The fourth-order valence-electron chi connectivity index (χ4n) is 4.36. The zero-order chi connectivity index (χ0) is 23.2. The van der Waals surface area contributed by atoms with Crippen LogP contribution >= 0.6 is 11.3 Å². The zero-order valence-electron chi connectivity index (χ0n) is 19.3. The third-order valence-corrected chi connectivity index (χ3v) is 7.40. The summed E-state index contributed by atoms with van der Waals surface area (Å²) in [5, 5.41) is 0.479. The van der Waals surface area contributed by atoms with E-state index in [0.29, 0.717) is 38.7 Å². The van der Waals surface area contributed by atoms with E-state index in [1.165, 1.54) is 0 Å². The SMILES string of the molecule is Cc1c(C(=O)OCC(=O)c2cc(C)n(CCC(C)C)c2C)sc2nc3n(c(=O)c12)CCC3. The van der Waals surface area contributed by atoms with Crippen LogP contribution in [0.4, 0.5) is 0 Å². The Balaban J connectivity index is 1.51. The van der Waals surface area contributed by atoms with E-state index in [-0.39, 0.29) is 17.9 Å². The average Bonchev–Trinajstić information content (AvgIpc) is 3.41. The fraction of sp³-hybridized carbons (Fsp3) is 0.500. The third-order valence-electron chi connectivity index (χ3n) is 6.24. The first-order valence-corrected chi connectivity index (χ1v) is 11.9. The molecule has 32 heavy (non-hydrogen) atoms. The van der Waals surface area contributed by atoms with Gasteiger partial charge in [0, 0.05) is 36.5 Å². The van der Waals surface area contributed by atoms with Gasteiger partial charge in [-0.3, -0.25) is 14.2 Å². The van der Waals surface area contributed by atoms with Crippen LogP contribution in [0.3, 0.4) is 0 Å². The van der Waals surface area contributed by atoms with Gasteiger partial charge in [0.05, 0.1) is 5.39 Å². The maximum absolute atomic E-state index is 12.8. The number of ketones is 1. The maximum atomic E-state index is 12.8. The molecule has 7 nitrogen and oxygen atoms in total. The van der Waals surface area contributed by atoms with Gasteiger partial charge < -0.3 is 9.30 Å². The summed E-state index contributed by atoms with van der Waals surface area (Å²) in [5.41, 5.74) is 2.99. The van der Waals surface area contributed by atoms with Crippen LogP contribution in [0.1, 0.15) is 69.5 Å². The number of hydrogen-bond donors (Lipinski definition) is 0. The lowest BCUT2D eigenvalue weighted by Gasteiger charge is -2.11. The van der Waals surface area contributed by atoms with Crippen molar-refractivity contribution < 1.29 is 14.3 Å². The van der Waals surface area contributed by atoms with Crippen molar-refractivity contribution in [3.63, 3.8) is 0 Å². The number of Topliss-reactive ketones (excluding diaryl/α,β-unsaturated/α-hetero) is 1. The summed E-state index contributed by atoms with van der Waals surface area (Å²) in [6, 6.07) is 1.86. The Morgan fingerprint density at radius 1 is 1.25 bits per heavy atom. The van der Waals surface area contributed by atoms with Gasteiger partial charge in [0.25, 0.3) is 5.56 Å². The number of esters is 1. The van der Waals surface area contributed by atoms with Crippen molar-refractivity contribution in [1.82, 2.24) is 14.1 Å². The highest BCUT2D eigenvalue weighted by atomic mass is 32.1. The van der Waals surface area contributed by atoms with Crippen molar-refractivity contribution in [2.45, 2.75) is 67.0 Å². The number of fused-ring (bicyclic) bond motifs is 2. The number of carbonyl (C=O) groups excluding carboxylic acids is 2. The molecular formula is C24H29N3O4S. The molecule has 0 amide bonds. The second-order valence-electron chi connectivity index (χ2n) is 8.94. The molecule has 0 aromatic carbocycles. The normalized spacial score (nSPS) is 13.2.